The minimum absolute atomic E-state index is 0.000585. The summed E-state index contributed by atoms with van der Waals surface area (Å²) in [4.78, 5) is 35.2. The number of aromatic nitrogens is 7. The summed E-state index contributed by atoms with van der Waals surface area (Å²) in [6.45, 7) is 9.10. The number of carbonyl (C=O) groups is 2. The molecule has 0 bridgehead atoms. The van der Waals surface area contributed by atoms with Crippen molar-refractivity contribution >= 4 is 44.8 Å². The molecule has 8 rings (SSSR count). The first-order valence-corrected chi connectivity index (χ1v) is 19.9. The van der Waals surface area contributed by atoms with Crippen LogP contribution in [0, 0.1) is 17.6 Å². The minimum atomic E-state index is -4.52. The number of allylic oxidation sites excluding steroid dienone is 1. The zero-order chi connectivity index (χ0) is 44.4. The molecule has 3 unspecified atom stereocenters. The summed E-state index contributed by atoms with van der Waals surface area (Å²) in [5, 5.41) is 13.5. The molecule has 2 amide bonds. The zero-order valence-corrected chi connectivity index (χ0v) is 34.5. The lowest BCUT2D eigenvalue weighted by Gasteiger charge is -2.20. The lowest BCUT2D eigenvalue weighted by Crippen LogP contribution is -2.31. The number of hydrogen-bond donors (Lipinski definition) is 1. The SMILES string of the molecule is CC(C)c1c(N2CCC(Br)C2=O)cnn1-c1ccc(F)cc1.CC(C)c1c(N2CCC(C3C=CC(C(F)(F)F)=N3)C2=O)cnn1-c1ccc(F)cc1.FC(F)(F)c1ncn[nH]1. The molecule has 0 saturated carbocycles. The van der Waals surface area contributed by atoms with E-state index in [2.05, 4.69) is 55.0 Å². The van der Waals surface area contributed by atoms with Gasteiger partial charge in [-0.2, -0.15) is 41.6 Å². The quantitative estimate of drug-likeness (QED) is 0.128. The Hall–Kier alpha value is -5.73. The van der Waals surface area contributed by atoms with Gasteiger partial charge < -0.3 is 9.80 Å². The van der Waals surface area contributed by atoms with Crippen LogP contribution in [-0.4, -0.2) is 82.4 Å². The maximum atomic E-state index is 13.3. The van der Waals surface area contributed by atoms with Crippen molar-refractivity contribution in [2.45, 2.75) is 75.6 Å². The summed E-state index contributed by atoms with van der Waals surface area (Å²) in [6, 6.07) is 11.3. The Kier molecular flexibility index (Phi) is 13.3. The third-order valence-electron chi connectivity index (χ3n) is 9.90. The Bertz CT molecular complexity index is 2370. The highest BCUT2D eigenvalue weighted by Crippen LogP contribution is 2.37. The smallest absolute Gasteiger partial charge is 0.309 e. The fourth-order valence-corrected chi connectivity index (χ4v) is 7.54. The van der Waals surface area contributed by atoms with Crippen LogP contribution in [0.4, 0.5) is 46.5 Å². The van der Waals surface area contributed by atoms with Crippen LogP contribution in [-0.2, 0) is 15.8 Å². The molecule has 1 N–H and O–H groups in total. The second-order valence-corrected chi connectivity index (χ2v) is 15.8. The minimum Gasteiger partial charge on any atom is -0.309 e. The number of hydrogen-bond acceptors (Lipinski definition) is 7. The number of amides is 2. The zero-order valence-electron chi connectivity index (χ0n) is 33.0. The van der Waals surface area contributed by atoms with E-state index in [0.717, 1.165) is 41.6 Å². The van der Waals surface area contributed by atoms with Crippen LogP contribution in [0.15, 0.2) is 84.4 Å². The molecule has 3 aromatic heterocycles. The van der Waals surface area contributed by atoms with E-state index < -0.39 is 35.8 Å². The number of rotatable bonds is 7. The van der Waals surface area contributed by atoms with E-state index >= 15 is 0 Å². The number of benzene rings is 2. The van der Waals surface area contributed by atoms with Gasteiger partial charge in [0, 0.05) is 13.1 Å². The lowest BCUT2D eigenvalue weighted by atomic mass is 9.99. The summed E-state index contributed by atoms with van der Waals surface area (Å²) in [5.74, 6) is -2.36. The lowest BCUT2D eigenvalue weighted by molar-refractivity contribution is -0.144. The highest BCUT2D eigenvalue weighted by atomic mass is 79.9. The van der Waals surface area contributed by atoms with Crippen molar-refractivity contribution in [3.05, 3.63) is 108 Å². The summed E-state index contributed by atoms with van der Waals surface area (Å²) >= 11 is 3.40. The van der Waals surface area contributed by atoms with Gasteiger partial charge in [-0.3, -0.25) is 19.7 Å². The van der Waals surface area contributed by atoms with Crippen molar-refractivity contribution < 1.29 is 44.7 Å². The third kappa shape index (κ3) is 9.92. The van der Waals surface area contributed by atoms with Crippen molar-refractivity contribution in [1.82, 2.24) is 34.7 Å². The molecule has 2 aromatic carbocycles. The maximum Gasteiger partial charge on any atom is 0.451 e. The van der Waals surface area contributed by atoms with Gasteiger partial charge >= 0.3 is 12.4 Å². The molecule has 5 aromatic rings. The molecular weight excluding hydrogens is 884 g/mol. The van der Waals surface area contributed by atoms with Crippen molar-refractivity contribution in [3.63, 3.8) is 0 Å². The first kappa shape index (κ1) is 44.8. The van der Waals surface area contributed by atoms with Crippen LogP contribution in [0.3, 0.4) is 0 Å². The van der Waals surface area contributed by atoms with Gasteiger partial charge in [-0.05, 0) is 79.3 Å². The van der Waals surface area contributed by atoms with Gasteiger partial charge in [0.15, 0.2) is 0 Å². The van der Waals surface area contributed by atoms with Crippen LogP contribution < -0.4 is 9.80 Å². The molecule has 6 heterocycles. The molecule has 3 atom stereocenters. The Balaban J connectivity index is 0.000000175. The second-order valence-electron chi connectivity index (χ2n) is 14.7. The van der Waals surface area contributed by atoms with Crippen LogP contribution in [0.2, 0.25) is 0 Å². The summed E-state index contributed by atoms with van der Waals surface area (Å²) in [5.41, 5.74) is 3.69. The van der Waals surface area contributed by atoms with E-state index in [1.54, 1.807) is 60.9 Å². The Labute approximate surface area is 352 Å². The molecular formula is C40H39BrF8N10O2. The third-order valence-corrected chi connectivity index (χ3v) is 10.8. The van der Waals surface area contributed by atoms with Gasteiger partial charge in [0.1, 0.15) is 23.7 Å². The number of aromatic amines is 1. The van der Waals surface area contributed by atoms with E-state index in [0.29, 0.717) is 30.9 Å². The van der Waals surface area contributed by atoms with Gasteiger partial charge in [-0.1, -0.05) is 49.7 Å². The first-order valence-electron chi connectivity index (χ1n) is 19.0. The molecule has 3 aliphatic heterocycles. The highest BCUT2D eigenvalue weighted by molar-refractivity contribution is 9.10. The molecule has 324 valence electrons. The molecule has 0 aliphatic carbocycles. The summed E-state index contributed by atoms with van der Waals surface area (Å²) in [7, 11) is 0. The molecule has 2 fully saturated rings. The summed E-state index contributed by atoms with van der Waals surface area (Å²) < 4.78 is 103. The molecule has 3 aliphatic rings. The number of aliphatic imine (C=N–C) groups is 1. The monoisotopic (exact) mass is 922 g/mol. The fourth-order valence-electron chi connectivity index (χ4n) is 7.08. The standard InChI is InChI=1S/C21H20F4N4O.C16H17BrFN3O.C3H2F3N3/c1-12(2)19-17(11-26-29(19)14-5-3-13(22)4-6-14)28-10-9-15(20(28)30)16-7-8-18(27-16)21(23,24)25;1-10(2)15-14(20-8-7-13(17)16(20)22)9-19-21(15)12-5-3-11(18)4-6-12;4-3(5,6)2-7-1-8-9-2/h3-8,11-12,15-16H,9-10H2,1-2H3;3-6,9-10,13H,7-8H2,1-2H3;1H,(H,7,8,9). The van der Waals surface area contributed by atoms with Gasteiger partial charge in [0.05, 0.1) is 63.3 Å². The molecule has 12 nitrogen and oxygen atoms in total. The largest absolute Gasteiger partial charge is 0.451 e. The van der Waals surface area contributed by atoms with Crippen molar-refractivity contribution in [3.8, 4) is 11.4 Å². The van der Waals surface area contributed by atoms with E-state index in [1.165, 1.54) is 30.3 Å². The van der Waals surface area contributed by atoms with Crippen molar-refractivity contribution in [2.75, 3.05) is 22.9 Å². The van der Waals surface area contributed by atoms with E-state index in [1.807, 2.05) is 13.8 Å². The molecule has 21 heteroatoms. The number of halogens is 9. The number of nitrogens with zero attached hydrogens (tertiary/aromatic N) is 9. The Morgan fingerprint density at radius 1 is 0.721 bits per heavy atom. The van der Waals surface area contributed by atoms with Crippen LogP contribution >= 0.6 is 15.9 Å². The van der Waals surface area contributed by atoms with Crippen molar-refractivity contribution in [1.29, 1.82) is 0 Å². The number of nitrogens with one attached hydrogen (secondary N) is 1. The summed E-state index contributed by atoms with van der Waals surface area (Å²) in [6.07, 6.45) is -1.34. The van der Waals surface area contributed by atoms with Gasteiger partial charge in [-0.25, -0.2) is 23.1 Å². The normalized spacial score (nSPS) is 19.1. The first-order chi connectivity index (χ1) is 28.8. The molecule has 2 saturated heterocycles. The average molecular weight is 924 g/mol. The van der Waals surface area contributed by atoms with Crippen LogP contribution in [0.5, 0.6) is 0 Å². The molecule has 61 heavy (non-hydrogen) atoms. The topological polar surface area (TPSA) is 130 Å². The molecule has 0 radical (unpaired) electrons. The fraction of sp³-hybridized carbons (Fsp3) is 0.375. The van der Waals surface area contributed by atoms with E-state index in [9.17, 15) is 44.7 Å². The van der Waals surface area contributed by atoms with Crippen LogP contribution in [0.1, 0.15) is 69.6 Å². The van der Waals surface area contributed by atoms with Crippen molar-refractivity contribution in [2.24, 2.45) is 10.9 Å². The van der Waals surface area contributed by atoms with E-state index in [-0.39, 0.29) is 40.1 Å². The number of anilines is 2. The highest BCUT2D eigenvalue weighted by Gasteiger charge is 2.43. The second kappa shape index (κ2) is 18.1. The van der Waals surface area contributed by atoms with Gasteiger partial charge in [-0.15, -0.1) is 0 Å². The average Bonchev–Trinajstić information content (AvgIpc) is 4.05. The number of carbonyl (C=O) groups excluding carboxylic acids is 2. The number of H-pyrrole nitrogens is 1. The van der Waals surface area contributed by atoms with Gasteiger partial charge in [0.2, 0.25) is 17.6 Å². The Morgan fingerprint density at radius 2 is 1.21 bits per heavy atom. The predicted molar refractivity (Wildman–Crippen MR) is 213 cm³/mol. The van der Waals surface area contributed by atoms with Crippen LogP contribution in [0.25, 0.3) is 11.4 Å². The predicted octanol–water partition coefficient (Wildman–Crippen LogP) is 8.89. The maximum absolute atomic E-state index is 13.3. The number of alkyl halides is 7. The van der Waals surface area contributed by atoms with E-state index in [4.69, 9.17) is 0 Å². The Morgan fingerprint density at radius 3 is 1.59 bits per heavy atom. The van der Waals surface area contributed by atoms with Gasteiger partial charge in [0.25, 0.3) is 0 Å². The molecule has 0 spiro atoms.